The van der Waals surface area contributed by atoms with Crippen molar-refractivity contribution in [2.75, 3.05) is 4.90 Å². The van der Waals surface area contributed by atoms with Crippen molar-refractivity contribution in [1.29, 1.82) is 0 Å². The second-order valence-electron chi connectivity index (χ2n) is 12.5. The van der Waals surface area contributed by atoms with Gasteiger partial charge in [-0.15, -0.1) is 0 Å². The van der Waals surface area contributed by atoms with E-state index in [2.05, 4.69) is 185 Å². The maximum atomic E-state index is 6.60. The van der Waals surface area contributed by atoms with Crippen LogP contribution >= 0.6 is 0 Å². The van der Waals surface area contributed by atoms with Gasteiger partial charge in [-0.2, -0.15) is 0 Å². The van der Waals surface area contributed by atoms with Crippen LogP contribution in [0.3, 0.4) is 0 Å². The average molecular weight is 627 g/mol. The Hall–Kier alpha value is -6.58. The van der Waals surface area contributed by atoms with Crippen molar-refractivity contribution >= 4 is 71.6 Å². The maximum Gasteiger partial charge on any atom is 0.138 e. The van der Waals surface area contributed by atoms with Gasteiger partial charge < -0.3 is 13.9 Å². The fraction of sp³-hybridized carbons (Fsp3) is 0. The number of fused-ring (bicyclic) bond motifs is 8. The van der Waals surface area contributed by atoms with Crippen molar-refractivity contribution in [2.45, 2.75) is 0 Å². The molecule has 0 aliphatic carbocycles. The van der Waals surface area contributed by atoms with Gasteiger partial charge in [0.2, 0.25) is 0 Å². The van der Waals surface area contributed by atoms with Crippen LogP contribution in [0.25, 0.3) is 71.3 Å². The lowest BCUT2D eigenvalue weighted by molar-refractivity contribution is 0.669. The second kappa shape index (κ2) is 11.0. The fourth-order valence-corrected chi connectivity index (χ4v) is 7.62. The van der Waals surface area contributed by atoms with Crippen LogP contribution in [-0.2, 0) is 0 Å². The topological polar surface area (TPSA) is 21.3 Å². The molecular formula is C46H30N2O. The van der Waals surface area contributed by atoms with Crippen molar-refractivity contribution in [1.82, 2.24) is 4.57 Å². The molecule has 0 amide bonds. The number of rotatable bonds is 5. The van der Waals surface area contributed by atoms with Crippen molar-refractivity contribution in [3.05, 3.63) is 182 Å². The smallest absolute Gasteiger partial charge is 0.138 e. The van der Waals surface area contributed by atoms with E-state index in [1.807, 2.05) is 6.07 Å². The van der Waals surface area contributed by atoms with E-state index >= 15 is 0 Å². The maximum absolute atomic E-state index is 6.60. The number of anilines is 3. The third-order valence-corrected chi connectivity index (χ3v) is 9.77. The van der Waals surface area contributed by atoms with E-state index in [1.54, 1.807) is 0 Å². The molecule has 0 aliphatic rings. The molecule has 0 bridgehead atoms. The SMILES string of the molecule is c1ccc(-c2ccc(N(c3cc4oc5ccccc5c4c4ccccc34)c3cccc4c5ccccc5n(-c5ccccc5)c34)cc2)cc1. The Balaban J connectivity index is 1.32. The highest BCUT2D eigenvalue weighted by Crippen LogP contribution is 2.48. The number of hydrogen-bond donors (Lipinski definition) is 0. The molecule has 0 radical (unpaired) electrons. The summed E-state index contributed by atoms with van der Waals surface area (Å²) in [4.78, 5) is 2.42. The molecule has 0 saturated carbocycles. The minimum absolute atomic E-state index is 0.872. The van der Waals surface area contributed by atoms with Gasteiger partial charge in [0.05, 0.1) is 22.4 Å². The summed E-state index contributed by atoms with van der Waals surface area (Å²) in [6, 6.07) is 64.9. The lowest BCUT2D eigenvalue weighted by Gasteiger charge is -2.28. The lowest BCUT2D eigenvalue weighted by atomic mass is 10.00. The van der Waals surface area contributed by atoms with Crippen molar-refractivity contribution < 1.29 is 4.42 Å². The lowest BCUT2D eigenvalue weighted by Crippen LogP contribution is -2.12. The molecule has 2 aromatic heterocycles. The van der Waals surface area contributed by atoms with E-state index in [0.29, 0.717) is 0 Å². The molecule has 0 N–H and O–H groups in total. The van der Waals surface area contributed by atoms with Gasteiger partial charge in [0.25, 0.3) is 0 Å². The summed E-state index contributed by atoms with van der Waals surface area (Å²) in [5, 5.41) is 7.03. The van der Waals surface area contributed by atoms with Crippen LogP contribution in [-0.4, -0.2) is 4.57 Å². The summed E-state index contributed by atoms with van der Waals surface area (Å²) in [6.07, 6.45) is 0. The van der Waals surface area contributed by atoms with E-state index in [1.165, 1.54) is 32.8 Å². The van der Waals surface area contributed by atoms with Crippen LogP contribution in [0.1, 0.15) is 0 Å². The largest absolute Gasteiger partial charge is 0.456 e. The first-order valence-corrected chi connectivity index (χ1v) is 16.7. The number of benzene rings is 8. The first kappa shape index (κ1) is 27.5. The highest BCUT2D eigenvalue weighted by Gasteiger charge is 2.24. The van der Waals surface area contributed by atoms with E-state index in [9.17, 15) is 0 Å². The Labute approximate surface area is 283 Å². The first-order valence-electron chi connectivity index (χ1n) is 16.7. The van der Waals surface area contributed by atoms with Crippen LogP contribution in [0, 0.1) is 0 Å². The Morgan fingerprint density at radius 3 is 1.82 bits per heavy atom. The van der Waals surface area contributed by atoms with Gasteiger partial charge in [-0.3, -0.25) is 0 Å². The summed E-state index contributed by atoms with van der Waals surface area (Å²) in [5.74, 6) is 0. The van der Waals surface area contributed by atoms with Gasteiger partial charge in [-0.05, 0) is 59.0 Å². The predicted octanol–water partition coefficient (Wildman–Crippen LogP) is 13.0. The Morgan fingerprint density at radius 2 is 1.02 bits per heavy atom. The number of furan rings is 1. The number of nitrogens with zero attached hydrogens (tertiary/aromatic N) is 2. The summed E-state index contributed by atoms with van der Waals surface area (Å²) in [5.41, 5.74) is 10.8. The van der Waals surface area contributed by atoms with Crippen LogP contribution < -0.4 is 4.90 Å². The van der Waals surface area contributed by atoms with Gasteiger partial charge in [0.15, 0.2) is 0 Å². The van der Waals surface area contributed by atoms with Gasteiger partial charge >= 0.3 is 0 Å². The molecule has 0 atom stereocenters. The zero-order valence-electron chi connectivity index (χ0n) is 26.6. The molecule has 3 nitrogen and oxygen atoms in total. The monoisotopic (exact) mass is 626 g/mol. The Morgan fingerprint density at radius 1 is 0.408 bits per heavy atom. The van der Waals surface area contributed by atoms with Crippen molar-refractivity contribution in [3.8, 4) is 16.8 Å². The molecule has 0 saturated heterocycles. The Kier molecular flexibility index (Phi) is 6.18. The van der Waals surface area contributed by atoms with Crippen molar-refractivity contribution in [2.24, 2.45) is 0 Å². The molecule has 230 valence electrons. The van der Waals surface area contributed by atoms with Crippen molar-refractivity contribution in [3.63, 3.8) is 0 Å². The van der Waals surface area contributed by atoms with Crippen LogP contribution in [0.5, 0.6) is 0 Å². The summed E-state index contributed by atoms with van der Waals surface area (Å²) in [7, 11) is 0. The van der Waals surface area contributed by atoms with Crippen LogP contribution in [0.15, 0.2) is 186 Å². The first-order chi connectivity index (χ1) is 24.3. The zero-order valence-corrected chi connectivity index (χ0v) is 26.6. The second-order valence-corrected chi connectivity index (χ2v) is 12.5. The van der Waals surface area contributed by atoms with Crippen LogP contribution in [0.4, 0.5) is 17.1 Å². The van der Waals surface area contributed by atoms with Crippen LogP contribution in [0.2, 0.25) is 0 Å². The van der Waals surface area contributed by atoms with Gasteiger partial charge in [-0.1, -0.05) is 133 Å². The summed E-state index contributed by atoms with van der Waals surface area (Å²) >= 11 is 0. The predicted molar refractivity (Wildman–Crippen MR) is 206 cm³/mol. The van der Waals surface area contributed by atoms with E-state index in [4.69, 9.17) is 4.42 Å². The molecule has 3 heteroatoms. The number of hydrogen-bond acceptors (Lipinski definition) is 2. The number of para-hydroxylation sites is 4. The molecular weight excluding hydrogens is 597 g/mol. The van der Waals surface area contributed by atoms with Gasteiger partial charge in [-0.25, -0.2) is 0 Å². The molecule has 0 fully saturated rings. The van der Waals surface area contributed by atoms with E-state index in [0.717, 1.165) is 55.6 Å². The minimum atomic E-state index is 0.872. The summed E-state index contributed by atoms with van der Waals surface area (Å²) in [6.45, 7) is 0. The molecule has 10 aromatic rings. The molecule has 2 heterocycles. The quantitative estimate of drug-likeness (QED) is 0.190. The molecule has 0 unspecified atom stereocenters. The minimum Gasteiger partial charge on any atom is -0.456 e. The molecule has 49 heavy (non-hydrogen) atoms. The molecule has 0 spiro atoms. The third-order valence-electron chi connectivity index (χ3n) is 9.77. The average Bonchev–Trinajstić information content (AvgIpc) is 3.72. The van der Waals surface area contributed by atoms with Gasteiger partial charge in [0.1, 0.15) is 11.2 Å². The molecule has 10 rings (SSSR count). The van der Waals surface area contributed by atoms with Gasteiger partial charge in [0, 0.05) is 44.4 Å². The Bertz CT molecular complexity index is 2810. The fourth-order valence-electron chi connectivity index (χ4n) is 7.62. The zero-order chi connectivity index (χ0) is 32.3. The van der Waals surface area contributed by atoms with E-state index in [-0.39, 0.29) is 0 Å². The number of aromatic nitrogens is 1. The third kappa shape index (κ3) is 4.29. The normalized spacial score (nSPS) is 11.7. The molecule has 8 aromatic carbocycles. The highest BCUT2D eigenvalue weighted by atomic mass is 16.3. The summed E-state index contributed by atoms with van der Waals surface area (Å²) < 4.78 is 9.01. The standard InChI is InChI=1S/C46H30N2O/c1-3-14-31(15-4-1)32-26-28-34(29-27-32)47(42-30-44-45(37-20-8-7-18-35(37)42)39-21-10-12-25-43(39)49-44)41-24-13-22-38-36-19-9-11-23-40(36)48(46(38)41)33-16-5-2-6-17-33/h1-30H. The van der Waals surface area contributed by atoms with E-state index < -0.39 is 0 Å². The highest BCUT2D eigenvalue weighted by molar-refractivity contribution is 6.23. The molecule has 0 aliphatic heterocycles.